The van der Waals surface area contributed by atoms with Gasteiger partial charge in [-0.2, -0.15) is 0 Å². The number of rotatable bonds is 10. The van der Waals surface area contributed by atoms with Crippen molar-refractivity contribution in [2.24, 2.45) is 0 Å². The third kappa shape index (κ3) is 8.30. The van der Waals surface area contributed by atoms with Gasteiger partial charge in [0.15, 0.2) is 0 Å². The van der Waals surface area contributed by atoms with E-state index in [0.717, 1.165) is 18.6 Å². The second-order valence-electron chi connectivity index (χ2n) is 5.17. The highest BCUT2D eigenvalue weighted by Gasteiger charge is 1.97. The SMILES string of the molecule is CCCCC/C=C/C=C/C(=O)NCCc1ccc(OC)cc1. The van der Waals surface area contributed by atoms with Gasteiger partial charge in [0, 0.05) is 12.6 Å². The first-order chi connectivity index (χ1) is 10.8. The Hall–Kier alpha value is -2.03. The smallest absolute Gasteiger partial charge is 0.243 e. The first-order valence-electron chi connectivity index (χ1n) is 8.00. The maximum absolute atomic E-state index is 11.6. The van der Waals surface area contributed by atoms with Crippen LogP contribution in [-0.2, 0) is 11.2 Å². The minimum atomic E-state index is -0.0493. The molecule has 3 heteroatoms. The Kier molecular flexibility index (Phi) is 9.51. The molecule has 0 bridgehead atoms. The molecule has 0 saturated heterocycles. The number of hydrogen-bond acceptors (Lipinski definition) is 2. The van der Waals surface area contributed by atoms with Gasteiger partial charge in [-0.25, -0.2) is 0 Å². The number of allylic oxidation sites excluding steroid dienone is 3. The number of amides is 1. The van der Waals surface area contributed by atoms with Crippen LogP contribution in [0, 0.1) is 0 Å². The summed E-state index contributed by atoms with van der Waals surface area (Å²) in [6.45, 7) is 2.83. The van der Waals surface area contributed by atoms with Crippen LogP contribution in [0.1, 0.15) is 38.2 Å². The van der Waals surface area contributed by atoms with Gasteiger partial charge in [0.05, 0.1) is 7.11 Å². The topological polar surface area (TPSA) is 38.3 Å². The van der Waals surface area contributed by atoms with E-state index < -0.39 is 0 Å². The third-order valence-electron chi connectivity index (χ3n) is 3.34. The van der Waals surface area contributed by atoms with E-state index in [1.54, 1.807) is 19.3 Å². The number of unbranched alkanes of at least 4 members (excludes halogenated alkanes) is 3. The molecule has 0 unspecified atom stereocenters. The lowest BCUT2D eigenvalue weighted by molar-refractivity contribution is -0.116. The van der Waals surface area contributed by atoms with Gasteiger partial charge in [0.2, 0.25) is 5.91 Å². The van der Waals surface area contributed by atoms with Crippen molar-refractivity contribution in [2.75, 3.05) is 13.7 Å². The van der Waals surface area contributed by atoms with Crippen molar-refractivity contribution in [1.82, 2.24) is 5.32 Å². The molecule has 0 atom stereocenters. The summed E-state index contributed by atoms with van der Waals surface area (Å²) in [6.07, 6.45) is 13.0. The lowest BCUT2D eigenvalue weighted by atomic mass is 10.1. The van der Waals surface area contributed by atoms with E-state index in [0.29, 0.717) is 6.54 Å². The Bertz CT molecular complexity index is 475. The van der Waals surface area contributed by atoms with Crippen molar-refractivity contribution in [2.45, 2.75) is 39.0 Å². The molecule has 0 radical (unpaired) electrons. The Morgan fingerprint density at radius 2 is 1.95 bits per heavy atom. The Morgan fingerprint density at radius 3 is 2.64 bits per heavy atom. The molecule has 1 aromatic rings. The van der Waals surface area contributed by atoms with E-state index in [2.05, 4.69) is 18.3 Å². The summed E-state index contributed by atoms with van der Waals surface area (Å²) in [5.41, 5.74) is 1.18. The van der Waals surface area contributed by atoms with Crippen molar-refractivity contribution < 1.29 is 9.53 Å². The highest BCUT2D eigenvalue weighted by Crippen LogP contribution is 2.11. The number of carbonyl (C=O) groups is 1. The van der Waals surface area contributed by atoms with E-state index in [1.165, 1.54) is 24.8 Å². The van der Waals surface area contributed by atoms with Gasteiger partial charge in [0.25, 0.3) is 0 Å². The highest BCUT2D eigenvalue weighted by molar-refractivity contribution is 5.87. The zero-order chi connectivity index (χ0) is 16.0. The Morgan fingerprint density at radius 1 is 1.18 bits per heavy atom. The lowest BCUT2D eigenvalue weighted by Gasteiger charge is -2.04. The van der Waals surface area contributed by atoms with Crippen LogP contribution in [0.5, 0.6) is 5.75 Å². The van der Waals surface area contributed by atoms with Gasteiger partial charge < -0.3 is 10.1 Å². The molecule has 0 aliphatic carbocycles. The van der Waals surface area contributed by atoms with E-state index in [4.69, 9.17) is 4.74 Å². The summed E-state index contributed by atoms with van der Waals surface area (Å²) in [5, 5.41) is 2.88. The second kappa shape index (κ2) is 11.6. The minimum absolute atomic E-state index is 0.0493. The summed E-state index contributed by atoms with van der Waals surface area (Å²) >= 11 is 0. The van der Waals surface area contributed by atoms with E-state index in [-0.39, 0.29) is 5.91 Å². The van der Waals surface area contributed by atoms with E-state index >= 15 is 0 Å². The second-order valence-corrected chi connectivity index (χ2v) is 5.17. The number of carbonyl (C=O) groups excluding carboxylic acids is 1. The number of nitrogens with one attached hydrogen (secondary N) is 1. The Labute approximate surface area is 134 Å². The average molecular weight is 301 g/mol. The number of benzene rings is 1. The molecule has 1 aromatic carbocycles. The van der Waals surface area contributed by atoms with Crippen LogP contribution in [0.15, 0.2) is 48.6 Å². The first kappa shape index (κ1) is 18.0. The third-order valence-corrected chi connectivity index (χ3v) is 3.34. The molecular weight excluding hydrogens is 274 g/mol. The minimum Gasteiger partial charge on any atom is -0.497 e. The fourth-order valence-electron chi connectivity index (χ4n) is 2.01. The lowest BCUT2D eigenvalue weighted by Crippen LogP contribution is -2.23. The maximum atomic E-state index is 11.6. The van der Waals surface area contributed by atoms with Gasteiger partial charge in [-0.05, 0) is 37.0 Å². The van der Waals surface area contributed by atoms with Crippen molar-refractivity contribution in [1.29, 1.82) is 0 Å². The largest absolute Gasteiger partial charge is 0.497 e. The maximum Gasteiger partial charge on any atom is 0.243 e. The van der Waals surface area contributed by atoms with E-state index in [1.807, 2.05) is 30.3 Å². The van der Waals surface area contributed by atoms with Crippen LogP contribution >= 0.6 is 0 Å². The van der Waals surface area contributed by atoms with Crippen LogP contribution in [0.3, 0.4) is 0 Å². The molecule has 1 N–H and O–H groups in total. The van der Waals surface area contributed by atoms with E-state index in [9.17, 15) is 4.79 Å². The van der Waals surface area contributed by atoms with Gasteiger partial charge in [0.1, 0.15) is 5.75 Å². The van der Waals surface area contributed by atoms with Crippen LogP contribution in [-0.4, -0.2) is 19.6 Å². The quantitative estimate of drug-likeness (QED) is 0.402. The molecule has 0 saturated carbocycles. The molecule has 0 aliphatic rings. The highest BCUT2D eigenvalue weighted by atomic mass is 16.5. The predicted octanol–water partition coefficient (Wildman–Crippen LogP) is 4.05. The zero-order valence-electron chi connectivity index (χ0n) is 13.7. The summed E-state index contributed by atoms with van der Waals surface area (Å²) in [6, 6.07) is 7.89. The molecule has 0 aromatic heterocycles. The number of hydrogen-bond donors (Lipinski definition) is 1. The summed E-state index contributed by atoms with van der Waals surface area (Å²) in [5.74, 6) is 0.799. The first-order valence-corrected chi connectivity index (χ1v) is 8.00. The van der Waals surface area contributed by atoms with Crippen LogP contribution < -0.4 is 10.1 Å². The monoisotopic (exact) mass is 301 g/mol. The number of ether oxygens (including phenoxy) is 1. The van der Waals surface area contributed by atoms with Crippen molar-refractivity contribution in [3.63, 3.8) is 0 Å². The fourth-order valence-corrected chi connectivity index (χ4v) is 2.01. The zero-order valence-corrected chi connectivity index (χ0v) is 13.7. The summed E-state index contributed by atoms with van der Waals surface area (Å²) in [7, 11) is 1.65. The van der Waals surface area contributed by atoms with Gasteiger partial charge >= 0.3 is 0 Å². The number of methoxy groups -OCH3 is 1. The van der Waals surface area contributed by atoms with Gasteiger partial charge in [-0.1, -0.05) is 50.1 Å². The average Bonchev–Trinajstić information content (AvgIpc) is 2.54. The van der Waals surface area contributed by atoms with Crippen LogP contribution in [0.2, 0.25) is 0 Å². The van der Waals surface area contributed by atoms with Crippen LogP contribution in [0.4, 0.5) is 0 Å². The molecule has 0 fully saturated rings. The predicted molar refractivity (Wildman–Crippen MR) is 92.1 cm³/mol. The Balaban J connectivity index is 2.16. The van der Waals surface area contributed by atoms with Gasteiger partial charge in [-0.15, -0.1) is 0 Å². The van der Waals surface area contributed by atoms with Crippen molar-refractivity contribution in [3.05, 3.63) is 54.1 Å². The molecular formula is C19H27NO2. The molecule has 1 amide bonds. The molecule has 0 spiro atoms. The van der Waals surface area contributed by atoms with Crippen molar-refractivity contribution >= 4 is 5.91 Å². The molecule has 3 nitrogen and oxygen atoms in total. The van der Waals surface area contributed by atoms with Gasteiger partial charge in [-0.3, -0.25) is 4.79 Å². The van der Waals surface area contributed by atoms with Crippen molar-refractivity contribution in [3.8, 4) is 5.75 Å². The standard InChI is InChI=1S/C19H27NO2/c1-3-4-5-6-7-8-9-10-19(21)20-16-15-17-11-13-18(22-2)14-12-17/h7-14H,3-6,15-16H2,1-2H3,(H,20,21)/b8-7+,10-9+. The molecule has 22 heavy (non-hydrogen) atoms. The van der Waals surface area contributed by atoms with Crippen LogP contribution in [0.25, 0.3) is 0 Å². The molecule has 0 heterocycles. The fraction of sp³-hybridized carbons (Fsp3) is 0.421. The normalized spacial score (nSPS) is 11.2. The molecule has 0 aliphatic heterocycles. The molecule has 1 rings (SSSR count). The summed E-state index contributed by atoms with van der Waals surface area (Å²) < 4.78 is 5.11. The summed E-state index contributed by atoms with van der Waals surface area (Å²) in [4.78, 5) is 11.6. The molecule has 120 valence electrons.